The number of benzene rings is 1. The normalized spacial score (nSPS) is 10.5. The summed E-state index contributed by atoms with van der Waals surface area (Å²) in [4.78, 5) is 0. The average Bonchev–Trinajstić information content (AvgIpc) is 2.73. The van der Waals surface area contributed by atoms with E-state index in [0.29, 0.717) is 6.54 Å². The summed E-state index contributed by atoms with van der Waals surface area (Å²) in [5, 5.41) is 16.7. The number of rotatable bonds is 4. The first-order chi connectivity index (χ1) is 8.20. The maximum absolute atomic E-state index is 9.28. The van der Waals surface area contributed by atoms with Crippen LogP contribution in [0.5, 0.6) is 0 Å². The van der Waals surface area contributed by atoms with Gasteiger partial charge in [-0.25, -0.2) is 0 Å². The number of aliphatic hydroxyl groups excluding tert-OH is 1. The summed E-state index contributed by atoms with van der Waals surface area (Å²) in [5.41, 5.74) is 2.91. The summed E-state index contributed by atoms with van der Waals surface area (Å²) >= 11 is 3.39. The fraction of sp³-hybridized carbons (Fsp3) is 0.250. The van der Waals surface area contributed by atoms with Gasteiger partial charge in [0.15, 0.2) is 0 Å². The van der Waals surface area contributed by atoms with Crippen molar-refractivity contribution in [3.63, 3.8) is 0 Å². The predicted octanol–water partition coefficient (Wildman–Crippen LogP) is 2.29. The first-order valence-corrected chi connectivity index (χ1v) is 6.10. The topological polar surface area (TPSA) is 50.1 Å². The number of aromatic nitrogens is 2. The third-order valence-electron chi connectivity index (χ3n) is 2.62. The predicted molar refractivity (Wildman–Crippen MR) is 70.6 cm³/mol. The second kappa shape index (κ2) is 5.33. The van der Waals surface area contributed by atoms with E-state index in [1.54, 1.807) is 6.20 Å². The van der Waals surface area contributed by atoms with Crippen LogP contribution in [-0.4, -0.2) is 14.9 Å². The van der Waals surface area contributed by atoms with E-state index in [4.69, 9.17) is 0 Å². The third-order valence-corrected chi connectivity index (χ3v) is 3.11. The van der Waals surface area contributed by atoms with Gasteiger partial charge in [-0.3, -0.25) is 4.68 Å². The van der Waals surface area contributed by atoms with E-state index in [2.05, 4.69) is 26.3 Å². The standard InChI is InChI=1S/C12H14BrN3O/c1-16-11(4-5-15-16)7-14-12-3-2-10(13)6-9(12)8-17/h2-6,14,17H,7-8H2,1H3. The van der Waals surface area contributed by atoms with Crippen LogP contribution in [0.1, 0.15) is 11.3 Å². The summed E-state index contributed by atoms with van der Waals surface area (Å²) in [6, 6.07) is 7.77. The van der Waals surface area contributed by atoms with Crippen LogP contribution in [0.25, 0.3) is 0 Å². The lowest BCUT2D eigenvalue weighted by molar-refractivity contribution is 0.282. The molecule has 0 saturated heterocycles. The summed E-state index contributed by atoms with van der Waals surface area (Å²) in [6.45, 7) is 0.707. The number of anilines is 1. The van der Waals surface area contributed by atoms with Crippen LogP contribution in [0.3, 0.4) is 0 Å². The maximum Gasteiger partial charge on any atom is 0.0702 e. The zero-order chi connectivity index (χ0) is 12.3. The number of hydrogen-bond acceptors (Lipinski definition) is 3. The van der Waals surface area contributed by atoms with Crippen LogP contribution in [0.4, 0.5) is 5.69 Å². The molecule has 0 saturated carbocycles. The van der Waals surface area contributed by atoms with Crippen molar-refractivity contribution in [1.82, 2.24) is 9.78 Å². The largest absolute Gasteiger partial charge is 0.392 e. The van der Waals surface area contributed by atoms with Crippen molar-refractivity contribution < 1.29 is 5.11 Å². The highest BCUT2D eigenvalue weighted by atomic mass is 79.9. The van der Waals surface area contributed by atoms with Crippen LogP contribution in [0.15, 0.2) is 34.9 Å². The first-order valence-electron chi connectivity index (χ1n) is 5.30. The number of nitrogens with zero attached hydrogens (tertiary/aromatic N) is 2. The van der Waals surface area contributed by atoms with Gasteiger partial charge in [-0.1, -0.05) is 15.9 Å². The lowest BCUT2D eigenvalue weighted by Gasteiger charge is -2.11. The molecule has 90 valence electrons. The quantitative estimate of drug-likeness (QED) is 0.910. The molecule has 0 aliphatic heterocycles. The highest BCUT2D eigenvalue weighted by Gasteiger charge is 2.03. The smallest absolute Gasteiger partial charge is 0.0702 e. The molecular weight excluding hydrogens is 282 g/mol. The molecular formula is C12H14BrN3O. The molecule has 0 aliphatic carbocycles. The van der Waals surface area contributed by atoms with Gasteiger partial charge in [-0.15, -0.1) is 0 Å². The highest BCUT2D eigenvalue weighted by molar-refractivity contribution is 9.10. The van der Waals surface area contributed by atoms with Crippen molar-refractivity contribution in [2.45, 2.75) is 13.2 Å². The molecule has 1 heterocycles. The fourth-order valence-electron chi connectivity index (χ4n) is 1.63. The monoisotopic (exact) mass is 295 g/mol. The van der Waals surface area contributed by atoms with Crippen LogP contribution in [0.2, 0.25) is 0 Å². The number of aryl methyl sites for hydroxylation is 1. The van der Waals surface area contributed by atoms with Gasteiger partial charge < -0.3 is 10.4 Å². The van der Waals surface area contributed by atoms with Gasteiger partial charge in [0.2, 0.25) is 0 Å². The number of aliphatic hydroxyl groups is 1. The SMILES string of the molecule is Cn1nccc1CNc1ccc(Br)cc1CO. The minimum Gasteiger partial charge on any atom is -0.392 e. The van der Waals surface area contributed by atoms with E-state index in [-0.39, 0.29) is 6.61 Å². The van der Waals surface area contributed by atoms with Crippen molar-refractivity contribution in [1.29, 1.82) is 0 Å². The summed E-state index contributed by atoms with van der Waals surface area (Å²) < 4.78 is 2.79. The van der Waals surface area contributed by atoms with Gasteiger partial charge in [0.05, 0.1) is 18.8 Å². The van der Waals surface area contributed by atoms with Gasteiger partial charge in [0.1, 0.15) is 0 Å². The molecule has 1 aromatic heterocycles. The van der Waals surface area contributed by atoms with Gasteiger partial charge >= 0.3 is 0 Å². The minimum atomic E-state index is 0.0210. The van der Waals surface area contributed by atoms with Crippen molar-refractivity contribution in [3.05, 3.63) is 46.2 Å². The van der Waals surface area contributed by atoms with Gasteiger partial charge in [-0.05, 0) is 24.3 Å². The Labute approximate surface area is 108 Å². The van der Waals surface area contributed by atoms with Crippen LogP contribution < -0.4 is 5.32 Å². The molecule has 17 heavy (non-hydrogen) atoms. The zero-order valence-electron chi connectivity index (χ0n) is 9.52. The van der Waals surface area contributed by atoms with Crippen molar-refractivity contribution >= 4 is 21.6 Å². The van der Waals surface area contributed by atoms with Gasteiger partial charge in [-0.2, -0.15) is 5.10 Å². The van der Waals surface area contributed by atoms with E-state index in [0.717, 1.165) is 21.4 Å². The second-order valence-electron chi connectivity index (χ2n) is 3.76. The molecule has 4 nitrogen and oxygen atoms in total. The van der Waals surface area contributed by atoms with Gasteiger partial charge in [0, 0.05) is 29.0 Å². The molecule has 0 aliphatic rings. The lowest BCUT2D eigenvalue weighted by atomic mass is 10.2. The maximum atomic E-state index is 9.28. The summed E-state index contributed by atoms with van der Waals surface area (Å²) in [5.74, 6) is 0. The van der Waals surface area contributed by atoms with Crippen molar-refractivity contribution in [3.8, 4) is 0 Å². The highest BCUT2D eigenvalue weighted by Crippen LogP contribution is 2.21. The Balaban J connectivity index is 2.11. The fourth-order valence-corrected chi connectivity index (χ4v) is 2.03. The molecule has 0 atom stereocenters. The first kappa shape index (κ1) is 12.1. The second-order valence-corrected chi connectivity index (χ2v) is 4.67. The van der Waals surface area contributed by atoms with Crippen molar-refractivity contribution in [2.24, 2.45) is 7.05 Å². The zero-order valence-corrected chi connectivity index (χ0v) is 11.1. The lowest BCUT2D eigenvalue weighted by Crippen LogP contribution is -2.07. The van der Waals surface area contributed by atoms with E-state index in [1.165, 1.54) is 0 Å². The van der Waals surface area contributed by atoms with E-state index in [9.17, 15) is 5.11 Å². The van der Waals surface area contributed by atoms with Crippen LogP contribution in [-0.2, 0) is 20.2 Å². The van der Waals surface area contributed by atoms with E-state index < -0.39 is 0 Å². The minimum absolute atomic E-state index is 0.0210. The molecule has 2 N–H and O–H groups in total. The molecule has 0 amide bonds. The average molecular weight is 296 g/mol. The molecule has 5 heteroatoms. The Morgan fingerprint density at radius 3 is 2.88 bits per heavy atom. The Morgan fingerprint density at radius 1 is 1.41 bits per heavy atom. The molecule has 1 aromatic carbocycles. The number of hydrogen-bond donors (Lipinski definition) is 2. The molecule has 0 unspecified atom stereocenters. The summed E-state index contributed by atoms with van der Waals surface area (Å²) in [6.07, 6.45) is 1.77. The van der Waals surface area contributed by atoms with E-state index >= 15 is 0 Å². The Hall–Kier alpha value is -1.33. The molecule has 0 radical (unpaired) electrons. The molecule has 0 fully saturated rings. The van der Waals surface area contributed by atoms with E-state index in [1.807, 2.05) is 36.0 Å². The Morgan fingerprint density at radius 2 is 2.24 bits per heavy atom. The molecule has 2 rings (SSSR count). The van der Waals surface area contributed by atoms with Crippen LogP contribution in [0, 0.1) is 0 Å². The summed E-state index contributed by atoms with van der Waals surface area (Å²) in [7, 11) is 1.91. The van der Waals surface area contributed by atoms with Gasteiger partial charge in [0.25, 0.3) is 0 Å². The number of halogens is 1. The van der Waals surface area contributed by atoms with Crippen LogP contribution >= 0.6 is 15.9 Å². The van der Waals surface area contributed by atoms with Crippen molar-refractivity contribution in [2.75, 3.05) is 5.32 Å². The Kier molecular flexibility index (Phi) is 3.81. The number of nitrogens with one attached hydrogen (secondary N) is 1. The molecule has 2 aromatic rings. The molecule has 0 bridgehead atoms. The molecule has 0 spiro atoms. The third kappa shape index (κ3) is 2.87. The Bertz CT molecular complexity index is 510.